The van der Waals surface area contributed by atoms with Gasteiger partial charge in [0.05, 0.1) is 24.9 Å². The lowest BCUT2D eigenvalue weighted by Gasteiger charge is -2.31. The predicted molar refractivity (Wildman–Crippen MR) is 136 cm³/mol. The average Bonchev–Trinajstić information content (AvgIpc) is 2.68. The van der Waals surface area contributed by atoms with Crippen LogP contribution >= 0.6 is 0 Å². The largest absolute Gasteiger partial charge is 0.466 e. The zero-order chi connectivity index (χ0) is 28.9. The third-order valence-corrected chi connectivity index (χ3v) is 5.50. The maximum atomic E-state index is 13.1. The van der Waals surface area contributed by atoms with Crippen LogP contribution in [0.2, 0.25) is 0 Å². The summed E-state index contributed by atoms with van der Waals surface area (Å²) in [4.78, 5) is 59.2. The van der Waals surface area contributed by atoms with Gasteiger partial charge >= 0.3 is 12.1 Å². The van der Waals surface area contributed by atoms with E-state index in [0.717, 1.165) is 0 Å². The average molecular weight is 533 g/mol. The summed E-state index contributed by atoms with van der Waals surface area (Å²) in [5, 5.41) is 28.2. The van der Waals surface area contributed by atoms with Crippen molar-refractivity contribution >= 4 is 18.0 Å². The molecule has 37 heavy (non-hydrogen) atoms. The van der Waals surface area contributed by atoms with Crippen molar-refractivity contribution in [3.05, 3.63) is 20.2 Å². The normalized spacial score (nSPS) is 14.9. The molecule has 2 N–H and O–H groups in total. The van der Waals surface area contributed by atoms with Crippen LogP contribution in [0.5, 0.6) is 0 Å². The number of alkyl carbamates (subject to hydrolysis) is 1. The number of rotatable bonds is 16. The molecule has 0 bridgehead atoms. The third-order valence-electron chi connectivity index (χ3n) is 5.50. The number of carbonyl (C=O) groups excluding carboxylic acids is 3. The summed E-state index contributed by atoms with van der Waals surface area (Å²) < 4.78 is 10.2. The van der Waals surface area contributed by atoms with Crippen LogP contribution in [0.4, 0.5) is 4.79 Å². The number of hydrogen-bond donors (Lipinski definition) is 2. The van der Waals surface area contributed by atoms with Crippen LogP contribution in [0.25, 0.3) is 0 Å². The Kier molecular flexibility index (Phi) is 14.7. The van der Waals surface area contributed by atoms with E-state index in [2.05, 4.69) is 10.6 Å². The molecule has 0 spiro atoms. The highest BCUT2D eigenvalue weighted by Gasteiger charge is 2.36. The monoisotopic (exact) mass is 532 g/mol. The number of ether oxygens (including phenoxy) is 2. The molecule has 0 aromatic heterocycles. The summed E-state index contributed by atoms with van der Waals surface area (Å²) >= 11 is 0. The number of amides is 2. The molecule has 0 rings (SSSR count). The van der Waals surface area contributed by atoms with E-state index in [4.69, 9.17) is 9.47 Å². The van der Waals surface area contributed by atoms with Gasteiger partial charge in [-0.05, 0) is 46.0 Å². The summed E-state index contributed by atoms with van der Waals surface area (Å²) in [6.07, 6.45) is -0.954. The fourth-order valence-corrected chi connectivity index (χ4v) is 4.11. The van der Waals surface area contributed by atoms with Gasteiger partial charge in [0.25, 0.3) is 0 Å². The molecule has 0 aliphatic carbocycles. The van der Waals surface area contributed by atoms with Crippen LogP contribution in [0, 0.1) is 43.9 Å². The molecule has 0 heterocycles. The molecule has 13 heteroatoms. The van der Waals surface area contributed by atoms with Gasteiger partial charge in [-0.1, -0.05) is 27.7 Å². The molecule has 2 amide bonds. The van der Waals surface area contributed by atoms with Gasteiger partial charge in [-0.15, -0.1) is 0 Å². The maximum absolute atomic E-state index is 13.1. The second-order valence-electron chi connectivity index (χ2n) is 11.0. The summed E-state index contributed by atoms with van der Waals surface area (Å²) in [7, 11) is 0. The Labute approximate surface area is 218 Å². The highest BCUT2D eigenvalue weighted by molar-refractivity contribution is 5.77. The molecule has 0 fully saturated rings. The summed E-state index contributed by atoms with van der Waals surface area (Å²) in [5.74, 6) is -3.09. The van der Waals surface area contributed by atoms with Crippen molar-refractivity contribution in [2.45, 2.75) is 92.3 Å². The minimum absolute atomic E-state index is 0.0357. The quantitative estimate of drug-likeness (QED) is 0.171. The van der Waals surface area contributed by atoms with Crippen molar-refractivity contribution in [2.24, 2.45) is 23.7 Å². The Bertz CT molecular complexity index is 781. The lowest BCUT2D eigenvalue weighted by atomic mass is 9.86. The summed E-state index contributed by atoms with van der Waals surface area (Å²) in [5.41, 5.74) is -0.781. The molecule has 0 saturated carbocycles. The minimum atomic E-state index is -0.874. The van der Waals surface area contributed by atoms with Gasteiger partial charge in [0, 0.05) is 28.4 Å². The van der Waals surface area contributed by atoms with E-state index in [-0.39, 0.29) is 31.3 Å². The lowest BCUT2D eigenvalue weighted by molar-refractivity contribution is -0.489. The van der Waals surface area contributed by atoms with E-state index in [9.17, 15) is 34.6 Å². The van der Waals surface area contributed by atoms with Crippen molar-refractivity contribution in [2.75, 3.05) is 19.7 Å². The van der Waals surface area contributed by atoms with Crippen molar-refractivity contribution in [1.29, 1.82) is 0 Å². The molecular formula is C24H44N4O9. The van der Waals surface area contributed by atoms with E-state index in [1.165, 1.54) is 0 Å². The van der Waals surface area contributed by atoms with Gasteiger partial charge in [-0.25, -0.2) is 4.79 Å². The number of carbonyl (C=O) groups is 3. The Morgan fingerprint density at radius 2 is 1.43 bits per heavy atom. The Balaban J connectivity index is 5.84. The highest BCUT2D eigenvalue weighted by atomic mass is 16.6. The van der Waals surface area contributed by atoms with Crippen LogP contribution in [-0.4, -0.2) is 65.2 Å². The van der Waals surface area contributed by atoms with Gasteiger partial charge in [0.2, 0.25) is 19.0 Å². The SMILES string of the molecule is CCOC(=O)C[C@H](C[N+](=O)[O-])[C@H](CC(C)C)NC(=O)C[C@H](C[N+](=O)[O-])[C@@H](NC(=O)OC(C)(C)C)C(C)C. The smallest absolute Gasteiger partial charge is 0.407 e. The van der Waals surface area contributed by atoms with Crippen LogP contribution < -0.4 is 10.6 Å². The number of esters is 1. The number of nitro groups is 2. The number of hydrogen-bond acceptors (Lipinski definition) is 9. The Morgan fingerprint density at radius 1 is 0.892 bits per heavy atom. The van der Waals surface area contributed by atoms with Gasteiger partial charge < -0.3 is 20.1 Å². The van der Waals surface area contributed by atoms with E-state index in [0.29, 0.717) is 6.42 Å². The summed E-state index contributed by atoms with van der Waals surface area (Å²) in [6.45, 7) is 13.0. The first-order chi connectivity index (χ1) is 16.9. The molecule has 0 aliphatic rings. The van der Waals surface area contributed by atoms with E-state index in [1.807, 2.05) is 13.8 Å². The van der Waals surface area contributed by atoms with Gasteiger partial charge in [0.1, 0.15) is 5.60 Å². The first-order valence-corrected chi connectivity index (χ1v) is 12.6. The Morgan fingerprint density at radius 3 is 1.86 bits per heavy atom. The minimum Gasteiger partial charge on any atom is -0.466 e. The van der Waals surface area contributed by atoms with Crippen LogP contribution in [0.1, 0.15) is 74.7 Å². The maximum Gasteiger partial charge on any atom is 0.407 e. The van der Waals surface area contributed by atoms with Crippen LogP contribution in [0.3, 0.4) is 0 Å². The first-order valence-electron chi connectivity index (χ1n) is 12.6. The molecule has 0 aromatic carbocycles. The lowest BCUT2D eigenvalue weighted by Crippen LogP contribution is -2.50. The second-order valence-corrected chi connectivity index (χ2v) is 11.0. The summed E-state index contributed by atoms with van der Waals surface area (Å²) in [6, 6.07) is -1.47. The van der Waals surface area contributed by atoms with Crippen molar-refractivity contribution in [3.8, 4) is 0 Å². The van der Waals surface area contributed by atoms with Crippen LogP contribution in [0.15, 0.2) is 0 Å². The molecule has 13 nitrogen and oxygen atoms in total. The molecule has 214 valence electrons. The molecule has 0 unspecified atom stereocenters. The van der Waals surface area contributed by atoms with Crippen LogP contribution in [-0.2, 0) is 19.1 Å². The third kappa shape index (κ3) is 15.7. The number of nitrogens with zero attached hydrogens (tertiary/aromatic N) is 2. The van der Waals surface area contributed by atoms with Crippen molar-refractivity contribution < 1.29 is 33.7 Å². The fourth-order valence-electron chi connectivity index (χ4n) is 4.11. The van der Waals surface area contributed by atoms with E-state index < -0.39 is 70.4 Å². The number of nitrogens with one attached hydrogen (secondary N) is 2. The zero-order valence-electron chi connectivity index (χ0n) is 23.3. The zero-order valence-corrected chi connectivity index (χ0v) is 23.3. The molecule has 0 saturated heterocycles. The topological polar surface area (TPSA) is 180 Å². The molecular weight excluding hydrogens is 488 g/mol. The van der Waals surface area contributed by atoms with Gasteiger partial charge in [-0.3, -0.25) is 29.8 Å². The van der Waals surface area contributed by atoms with E-state index >= 15 is 0 Å². The molecule has 0 aliphatic heterocycles. The van der Waals surface area contributed by atoms with Gasteiger partial charge in [0.15, 0.2) is 0 Å². The Hall–Kier alpha value is -2.99. The van der Waals surface area contributed by atoms with Gasteiger partial charge in [-0.2, -0.15) is 0 Å². The standard InChI is InChI=1S/C24H44N4O9/c1-9-36-21(30)12-17(13-27(32)33)19(10-15(2)3)25-20(29)11-18(14-28(34)35)22(16(4)5)26-23(31)37-24(6,7)8/h15-19,22H,9-14H2,1-8H3,(H,25,29)(H,26,31)/t17-,18-,19+,22+/m1/s1. The molecule has 0 aromatic rings. The fraction of sp³-hybridized carbons (Fsp3) is 0.875. The van der Waals surface area contributed by atoms with Crippen molar-refractivity contribution in [1.82, 2.24) is 10.6 Å². The highest BCUT2D eigenvalue weighted by Crippen LogP contribution is 2.22. The van der Waals surface area contributed by atoms with E-state index in [1.54, 1.807) is 41.5 Å². The molecule has 0 radical (unpaired) electrons. The second kappa shape index (κ2) is 16.0. The van der Waals surface area contributed by atoms with Crippen molar-refractivity contribution in [3.63, 3.8) is 0 Å². The first kappa shape index (κ1) is 34.0. The predicted octanol–water partition coefficient (Wildman–Crippen LogP) is 3.20. The molecule has 4 atom stereocenters.